The highest BCUT2D eigenvalue weighted by Gasteiger charge is 2.62. The Bertz CT molecular complexity index is 880. The molecule has 0 aromatic carbocycles. The number of aromatic nitrogens is 2. The van der Waals surface area contributed by atoms with Crippen molar-refractivity contribution in [1.82, 2.24) is 9.78 Å². The summed E-state index contributed by atoms with van der Waals surface area (Å²) in [6.07, 6.45) is 22.4. The molecule has 0 saturated heterocycles. The fourth-order valence-corrected chi connectivity index (χ4v) is 9.88. The minimum Gasteiger partial charge on any atom is -0.390 e. The molecule has 0 radical (unpaired) electrons. The summed E-state index contributed by atoms with van der Waals surface area (Å²) in [7, 11) is 0. The molecule has 32 heavy (non-hydrogen) atoms. The Labute approximate surface area is 195 Å². The predicted molar refractivity (Wildman–Crippen MR) is 130 cm³/mol. The van der Waals surface area contributed by atoms with Crippen molar-refractivity contribution in [3.8, 4) is 12.3 Å². The Morgan fingerprint density at radius 3 is 2.69 bits per heavy atom. The van der Waals surface area contributed by atoms with E-state index >= 15 is 0 Å². The summed E-state index contributed by atoms with van der Waals surface area (Å²) in [5, 5.41) is 15.3. The van der Waals surface area contributed by atoms with E-state index < -0.39 is 5.60 Å². The zero-order valence-corrected chi connectivity index (χ0v) is 20.8. The van der Waals surface area contributed by atoms with Gasteiger partial charge in [0, 0.05) is 12.7 Å². The largest absolute Gasteiger partial charge is 0.390 e. The van der Waals surface area contributed by atoms with E-state index in [1.807, 2.05) is 12.4 Å². The van der Waals surface area contributed by atoms with Gasteiger partial charge in [-0.2, -0.15) is 5.10 Å². The Morgan fingerprint density at radius 1 is 1.16 bits per heavy atom. The first kappa shape index (κ1) is 22.5. The maximum absolute atomic E-state index is 10.8. The molecule has 176 valence electrons. The van der Waals surface area contributed by atoms with Crippen LogP contribution in [0.2, 0.25) is 0 Å². The van der Waals surface area contributed by atoms with Crippen molar-refractivity contribution >= 4 is 0 Å². The van der Waals surface area contributed by atoms with Gasteiger partial charge in [-0.25, -0.2) is 0 Å². The van der Waals surface area contributed by atoms with E-state index in [1.54, 1.807) is 0 Å². The summed E-state index contributed by atoms with van der Waals surface area (Å²) in [4.78, 5) is 0. The van der Waals surface area contributed by atoms with Crippen molar-refractivity contribution in [3.63, 3.8) is 0 Å². The molecule has 1 heterocycles. The van der Waals surface area contributed by atoms with Gasteiger partial charge in [-0.1, -0.05) is 26.7 Å². The molecule has 3 nitrogen and oxygen atoms in total. The molecule has 4 aliphatic rings. The van der Waals surface area contributed by atoms with Crippen LogP contribution in [0, 0.1) is 58.7 Å². The van der Waals surface area contributed by atoms with E-state index in [9.17, 15) is 5.11 Å². The fraction of sp³-hybridized carbons (Fsp3) is 0.828. The van der Waals surface area contributed by atoms with Crippen molar-refractivity contribution in [2.24, 2.45) is 46.3 Å². The molecule has 5 rings (SSSR count). The molecule has 3 heteroatoms. The van der Waals surface area contributed by atoms with Gasteiger partial charge < -0.3 is 5.11 Å². The molecule has 0 bridgehead atoms. The summed E-state index contributed by atoms with van der Waals surface area (Å²) >= 11 is 0. The number of nitrogens with zero attached hydrogens (tertiary/aromatic N) is 2. The standard InChI is InChI=1S/C29H44N2O/c1-6-21-17-30-31(19-21)18-20(3)24-10-11-25-23-9-8-22-16-27(4,32)14-15-29(22,7-2)26(23)12-13-28(24,25)5/h1,17,19-20,22-26,32H,7-16,18H2,2-5H3/t20?,22-,23+,24-,25+,26+,27-,28-,29+/m1/s1. The van der Waals surface area contributed by atoms with Crippen molar-refractivity contribution in [3.05, 3.63) is 18.0 Å². The molecule has 1 unspecified atom stereocenters. The molecule has 0 spiro atoms. The minimum atomic E-state index is -0.432. The molecule has 1 aromatic heterocycles. The maximum atomic E-state index is 10.8. The number of terminal acetylenes is 1. The average molecular weight is 437 g/mol. The highest BCUT2D eigenvalue weighted by atomic mass is 16.3. The first-order valence-electron chi connectivity index (χ1n) is 13.4. The van der Waals surface area contributed by atoms with Crippen LogP contribution in [0.4, 0.5) is 0 Å². The van der Waals surface area contributed by atoms with Crippen LogP contribution < -0.4 is 0 Å². The summed E-state index contributed by atoms with van der Waals surface area (Å²) < 4.78 is 2.08. The molecule has 0 aliphatic heterocycles. The van der Waals surface area contributed by atoms with Crippen LogP contribution in [-0.2, 0) is 6.54 Å². The SMILES string of the molecule is C#Cc1cnn(CC(C)[C@H]2CC[C@H]3[C@@H]4CC[C@@H]5C[C@](C)(O)CC[C@]5(CC)[C@H]4CC[C@]23C)c1. The summed E-state index contributed by atoms with van der Waals surface area (Å²) in [5.41, 5.74) is 1.43. The smallest absolute Gasteiger partial charge is 0.0646 e. The molecule has 4 saturated carbocycles. The highest BCUT2D eigenvalue weighted by molar-refractivity contribution is 5.26. The van der Waals surface area contributed by atoms with Gasteiger partial charge in [0.25, 0.3) is 0 Å². The zero-order chi connectivity index (χ0) is 22.7. The Morgan fingerprint density at radius 2 is 1.97 bits per heavy atom. The first-order valence-corrected chi connectivity index (χ1v) is 13.4. The molecule has 4 aliphatic carbocycles. The van der Waals surface area contributed by atoms with Gasteiger partial charge in [0.15, 0.2) is 0 Å². The van der Waals surface area contributed by atoms with E-state index in [0.717, 1.165) is 54.5 Å². The minimum absolute atomic E-state index is 0.432. The van der Waals surface area contributed by atoms with Gasteiger partial charge in [-0.15, -0.1) is 6.42 Å². The summed E-state index contributed by atoms with van der Waals surface area (Å²) in [6.45, 7) is 10.6. The quantitative estimate of drug-likeness (QED) is 0.562. The van der Waals surface area contributed by atoms with Crippen LogP contribution in [0.3, 0.4) is 0 Å². The Balaban J connectivity index is 1.35. The normalized spacial score (nSPS) is 46.6. The topological polar surface area (TPSA) is 38.0 Å². The van der Waals surface area contributed by atoms with Crippen LogP contribution in [-0.4, -0.2) is 20.5 Å². The number of aliphatic hydroxyl groups is 1. The number of hydrogen-bond donors (Lipinski definition) is 1. The lowest BCUT2D eigenvalue weighted by atomic mass is 9.42. The monoisotopic (exact) mass is 436 g/mol. The van der Waals surface area contributed by atoms with E-state index in [-0.39, 0.29) is 0 Å². The third-order valence-electron chi connectivity index (χ3n) is 11.3. The van der Waals surface area contributed by atoms with E-state index in [0.29, 0.717) is 16.7 Å². The van der Waals surface area contributed by atoms with Gasteiger partial charge in [0.1, 0.15) is 0 Å². The molecule has 1 aromatic rings. The number of fused-ring (bicyclic) bond motifs is 5. The van der Waals surface area contributed by atoms with E-state index in [2.05, 4.69) is 43.4 Å². The Hall–Kier alpha value is -1.27. The van der Waals surface area contributed by atoms with Crippen molar-refractivity contribution in [1.29, 1.82) is 0 Å². The van der Waals surface area contributed by atoms with Crippen molar-refractivity contribution < 1.29 is 5.11 Å². The van der Waals surface area contributed by atoms with Crippen LogP contribution >= 0.6 is 0 Å². The van der Waals surface area contributed by atoms with Gasteiger partial charge in [-0.3, -0.25) is 4.68 Å². The highest BCUT2D eigenvalue weighted by Crippen LogP contribution is 2.69. The van der Waals surface area contributed by atoms with Crippen LogP contribution in [0.25, 0.3) is 0 Å². The second kappa shape index (κ2) is 7.90. The van der Waals surface area contributed by atoms with Crippen LogP contribution in [0.1, 0.15) is 97.5 Å². The first-order chi connectivity index (χ1) is 15.2. The lowest BCUT2D eigenvalue weighted by Gasteiger charge is -2.63. The van der Waals surface area contributed by atoms with E-state index in [1.165, 1.54) is 51.4 Å². The van der Waals surface area contributed by atoms with Gasteiger partial charge in [0.05, 0.1) is 17.4 Å². The fourth-order valence-electron chi connectivity index (χ4n) is 9.88. The molecular formula is C29H44N2O. The van der Waals surface area contributed by atoms with Gasteiger partial charge in [0.2, 0.25) is 0 Å². The molecule has 4 fully saturated rings. The summed E-state index contributed by atoms with van der Waals surface area (Å²) in [6, 6.07) is 0. The van der Waals surface area contributed by atoms with Crippen LogP contribution in [0.15, 0.2) is 12.4 Å². The molecular weight excluding hydrogens is 392 g/mol. The molecule has 9 atom stereocenters. The van der Waals surface area contributed by atoms with E-state index in [4.69, 9.17) is 6.42 Å². The third kappa shape index (κ3) is 3.39. The maximum Gasteiger partial charge on any atom is 0.0646 e. The van der Waals surface area contributed by atoms with Crippen molar-refractivity contribution in [2.45, 2.75) is 104 Å². The molecule has 0 amide bonds. The van der Waals surface area contributed by atoms with Crippen molar-refractivity contribution in [2.75, 3.05) is 0 Å². The molecule has 1 N–H and O–H groups in total. The second-order valence-electron chi connectivity index (χ2n) is 12.7. The lowest BCUT2D eigenvalue weighted by molar-refractivity contribution is -0.157. The third-order valence-corrected chi connectivity index (χ3v) is 11.3. The number of hydrogen-bond acceptors (Lipinski definition) is 2. The average Bonchev–Trinajstić information content (AvgIpc) is 3.36. The van der Waals surface area contributed by atoms with Crippen LogP contribution in [0.5, 0.6) is 0 Å². The van der Waals surface area contributed by atoms with Gasteiger partial charge >= 0.3 is 0 Å². The predicted octanol–water partition coefficient (Wildman–Crippen LogP) is 6.30. The van der Waals surface area contributed by atoms with Gasteiger partial charge in [-0.05, 0) is 117 Å². The Kier molecular flexibility index (Phi) is 5.56. The zero-order valence-electron chi connectivity index (χ0n) is 20.8. The second-order valence-corrected chi connectivity index (χ2v) is 12.7. The summed E-state index contributed by atoms with van der Waals surface area (Å²) in [5.74, 6) is 7.55. The number of rotatable bonds is 4. The lowest BCUT2D eigenvalue weighted by Crippen LogP contribution is -2.56.